The summed E-state index contributed by atoms with van der Waals surface area (Å²) in [6, 6.07) is 0. The lowest BCUT2D eigenvalue weighted by molar-refractivity contribution is 0.184. The van der Waals surface area contributed by atoms with Gasteiger partial charge in [0.05, 0.1) is 5.54 Å². The normalized spacial score (nSPS) is 32.4. The van der Waals surface area contributed by atoms with E-state index in [-0.39, 0.29) is 6.17 Å². The van der Waals surface area contributed by atoms with Crippen LogP contribution in [0.25, 0.3) is 0 Å². The molecule has 2 unspecified atom stereocenters. The van der Waals surface area contributed by atoms with Crippen LogP contribution in [0.5, 0.6) is 0 Å². The molecule has 0 spiro atoms. The van der Waals surface area contributed by atoms with Crippen LogP contribution >= 0.6 is 0 Å². The van der Waals surface area contributed by atoms with Gasteiger partial charge in [0.2, 0.25) is 0 Å². The number of nitrogens with two attached hydrogens (primary N) is 2. The summed E-state index contributed by atoms with van der Waals surface area (Å²) in [4.78, 5) is 4.06. The Bertz CT molecular complexity index is 215. The van der Waals surface area contributed by atoms with Crippen molar-refractivity contribution in [2.75, 3.05) is 13.7 Å². The highest BCUT2D eigenvalue weighted by atomic mass is 16.5. The Labute approximate surface area is 78.7 Å². The Balaban J connectivity index is 2.45. The molecule has 1 heterocycles. The Hall–Kier alpha value is -0.710. The fraction of sp³-hybridized carbons (Fsp3) is 0.667. The van der Waals surface area contributed by atoms with Gasteiger partial charge >= 0.3 is 0 Å². The third kappa shape index (κ3) is 2.62. The standard InChI is InChI=1S/C9H17N3O/c1-13-7-3-5-9(11)4-2-6-12-8(9)10/h2,4,6,8H,3,5,7,10-11H2,1H3. The van der Waals surface area contributed by atoms with E-state index in [4.69, 9.17) is 16.2 Å². The van der Waals surface area contributed by atoms with E-state index in [2.05, 4.69) is 4.99 Å². The van der Waals surface area contributed by atoms with Gasteiger partial charge in [0.25, 0.3) is 0 Å². The lowest BCUT2D eigenvalue weighted by atomic mass is 9.90. The number of dihydropyridines is 1. The lowest BCUT2D eigenvalue weighted by Gasteiger charge is -2.31. The summed E-state index contributed by atoms with van der Waals surface area (Å²) >= 11 is 0. The Kier molecular flexibility index (Phi) is 3.59. The van der Waals surface area contributed by atoms with Crippen molar-refractivity contribution >= 4 is 6.21 Å². The molecule has 0 fully saturated rings. The molecule has 0 bridgehead atoms. The van der Waals surface area contributed by atoms with E-state index in [0.717, 1.165) is 12.8 Å². The molecule has 0 saturated carbocycles. The molecule has 4 nitrogen and oxygen atoms in total. The summed E-state index contributed by atoms with van der Waals surface area (Å²) in [5.74, 6) is 0. The van der Waals surface area contributed by atoms with Crippen LogP contribution in [0, 0.1) is 0 Å². The van der Waals surface area contributed by atoms with Gasteiger partial charge in [0.15, 0.2) is 0 Å². The summed E-state index contributed by atoms with van der Waals surface area (Å²) < 4.78 is 4.95. The molecule has 0 aromatic rings. The highest BCUT2D eigenvalue weighted by Crippen LogP contribution is 2.18. The van der Waals surface area contributed by atoms with Gasteiger partial charge in [-0.1, -0.05) is 6.08 Å². The minimum atomic E-state index is -0.493. The second-order valence-electron chi connectivity index (χ2n) is 3.31. The minimum absolute atomic E-state index is 0.325. The Morgan fingerprint density at radius 1 is 1.62 bits per heavy atom. The van der Waals surface area contributed by atoms with E-state index in [1.165, 1.54) is 0 Å². The van der Waals surface area contributed by atoms with Crippen molar-refractivity contribution in [3.05, 3.63) is 12.2 Å². The number of aliphatic imine (C=N–C) groups is 1. The van der Waals surface area contributed by atoms with Crippen LogP contribution in [-0.2, 0) is 4.74 Å². The fourth-order valence-electron chi connectivity index (χ4n) is 1.36. The first-order valence-corrected chi connectivity index (χ1v) is 4.43. The van der Waals surface area contributed by atoms with E-state index in [9.17, 15) is 0 Å². The Morgan fingerprint density at radius 3 is 3.00 bits per heavy atom. The number of allylic oxidation sites excluding steroid dienone is 1. The summed E-state index contributed by atoms with van der Waals surface area (Å²) in [5, 5.41) is 0. The fourth-order valence-corrected chi connectivity index (χ4v) is 1.36. The average Bonchev–Trinajstić information content (AvgIpc) is 2.11. The first-order chi connectivity index (χ1) is 6.19. The molecule has 0 amide bonds. The van der Waals surface area contributed by atoms with E-state index in [0.29, 0.717) is 6.61 Å². The zero-order chi connectivity index (χ0) is 9.73. The number of methoxy groups -OCH3 is 1. The summed E-state index contributed by atoms with van der Waals surface area (Å²) in [6.07, 6.45) is 6.83. The Morgan fingerprint density at radius 2 is 2.38 bits per heavy atom. The average molecular weight is 183 g/mol. The van der Waals surface area contributed by atoms with Crippen molar-refractivity contribution in [1.29, 1.82) is 0 Å². The summed E-state index contributed by atoms with van der Waals surface area (Å²) in [5.41, 5.74) is 11.3. The maximum Gasteiger partial charge on any atom is 0.119 e. The van der Waals surface area contributed by atoms with Gasteiger partial charge in [0.1, 0.15) is 6.17 Å². The molecule has 0 radical (unpaired) electrons. The molecule has 0 saturated heterocycles. The van der Waals surface area contributed by atoms with Crippen molar-refractivity contribution in [2.24, 2.45) is 16.5 Å². The van der Waals surface area contributed by atoms with Crippen molar-refractivity contribution in [3.8, 4) is 0 Å². The maximum absolute atomic E-state index is 6.06. The monoisotopic (exact) mass is 183 g/mol. The van der Waals surface area contributed by atoms with Gasteiger partial charge in [-0.2, -0.15) is 0 Å². The van der Waals surface area contributed by atoms with Crippen LogP contribution < -0.4 is 11.5 Å². The summed E-state index contributed by atoms with van der Waals surface area (Å²) in [7, 11) is 1.68. The third-order valence-corrected chi connectivity index (χ3v) is 2.25. The van der Waals surface area contributed by atoms with Crippen LogP contribution in [0.1, 0.15) is 12.8 Å². The number of hydrogen-bond acceptors (Lipinski definition) is 4. The van der Waals surface area contributed by atoms with Gasteiger partial charge in [-0.15, -0.1) is 0 Å². The molecule has 0 aliphatic carbocycles. The van der Waals surface area contributed by atoms with Crippen molar-refractivity contribution < 1.29 is 4.74 Å². The minimum Gasteiger partial charge on any atom is -0.385 e. The molecule has 0 aromatic heterocycles. The first kappa shape index (κ1) is 10.4. The van der Waals surface area contributed by atoms with Crippen molar-refractivity contribution in [1.82, 2.24) is 0 Å². The van der Waals surface area contributed by atoms with E-state index in [1.54, 1.807) is 13.3 Å². The molecule has 4 heteroatoms. The third-order valence-electron chi connectivity index (χ3n) is 2.25. The molecule has 74 valence electrons. The number of ether oxygens (including phenoxy) is 1. The quantitative estimate of drug-likeness (QED) is 0.604. The van der Waals surface area contributed by atoms with Gasteiger partial charge < -0.3 is 16.2 Å². The first-order valence-electron chi connectivity index (χ1n) is 4.43. The second-order valence-corrected chi connectivity index (χ2v) is 3.31. The molecule has 4 N–H and O–H groups in total. The lowest BCUT2D eigenvalue weighted by Crippen LogP contribution is -2.54. The van der Waals surface area contributed by atoms with Gasteiger partial charge in [0, 0.05) is 19.9 Å². The zero-order valence-electron chi connectivity index (χ0n) is 7.94. The largest absolute Gasteiger partial charge is 0.385 e. The van der Waals surface area contributed by atoms with Crippen LogP contribution in [0.15, 0.2) is 17.1 Å². The van der Waals surface area contributed by atoms with Gasteiger partial charge in [-0.05, 0) is 18.9 Å². The highest BCUT2D eigenvalue weighted by molar-refractivity contribution is 5.73. The SMILES string of the molecule is COCCCC1(N)C=CC=NC1N. The summed E-state index contributed by atoms with van der Waals surface area (Å²) in [6.45, 7) is 0.712. The number of nitrogens with zero attached hydrogens (tertiary/aromatic N) is 1. The van der Waals surface area contributed by atoms with Crippen molar-refractivity contribution in [3.63, 3.8) is 0 Å². The van der Waals surface area contributed by atoms with Gasteiger partial charge in [-0.25, -0.2) is 0 Å². The topological polar surface area (TPSA) is 73.6 Å². The number of rotatable bonds is 4. The smallest absolute Gasteiger partial charge is 0.119 e. The van der Waals surface area contributed by atoms with Gasteiger partial charge in [-0.3, -0.25) is 4.99 Å². The predicted octanol–water partition coefficient (Wildman–Crippen LogP) is 0.0359. The maximum atomic E-state index is 6.06. The number of hydrogen-bond donors (Lipinski definition) is 2. The molecule has 1 aliphatic heterocycles. The molecular formula is C9H17N3O. The van der Waals surface area contributed by atoms with Crippen LogP contribution in [0.3, 0.4) is 0 Å². The second kappa shape index (κ2) is 4.50. The molecule has 1 aliphatic rings. The van der Waals surface area contributed by atoms with E-state index >= 15 is 0 Å². The van der Waals surface area contributed by atoms with E-state index in [1.807, 2.05) is 12.2 Å². The molecule has 2 atom stereocenters. The van der Waals surface area contributed by atoms with E-state index < -0.39 is 5.54 Å². The van der Waals surface area contributed by atoms with Crippen LogP contribution in [-0.4, -0.2) is 31.6 Å². The molecule has 13 heavy (non-hydrogen) atoms. The van der Waals surface area contributed by atoms with Crippen LogP contribution in [0.2, 0.25) is 0 Å². The van der Waals surface area contributed by atoms with Crippen molar-refractivity contribution in [2.45, 2.75) is 24.5 Å². The zero-order valence-corrected chi connectivity index (χ0v) is 7.94. The highest BCUT2D eigenvalue weighted by Gasteiger charge is 2.29. The molecule has 0 aromatic carbocycles. The van der Waals surface area contributed by atoms with Crippen LogP contribution in [0.4, 0.5) is 0 Å². The molecule has 1 rings (SSSR count). The molecular weight excluding hydrogens is 166 g/mol. The predicted molar refractivity (Wildman–Crippen MR) is 53.6 cm³/mol.